The molecule has 1 aromatic heterocycles. The van der Waals surface area contributed by atoms with Crippen LogP contribution in [0.2, 0.25) is 0 Å². The zero-order valence-corrected chi connectivity index (χ0v) is 15.1. The van der Waals surface area contributed by atoms with E-state index in [-0.39, 0.29) is 18.2 Å². The Hall–Kier alpha value is -0.845. The van der Waals surface area contributed by atoms with E-state index in [0.717, 1.165) is 4.88 Å². The minimum absolute atomic E-state index is 0.140. The summed E-state index contributed by atoms with van der Waals surface area (Å²) >= 11 is 1.64. The van der Waals surface area contributed by atoms with Crippen molar-refractivity contribution in [3.8, 4) is 0 Å². The number of carbonyl (C=O) groups is 1. The first kappa shape index (κ1) is 17.5. The SMILES string of the molecule is CCOC(=O)CC(B1OC(C)(C)C(C)(C)O1)c1cc(C)cs1. The molecule has 6 heteroatoms. The molecule has 22 heavy (non-hydrogen) atoms. The number of ether oxygens (including phenoxy) is 1. The van der Waals surface area contributed by atoms with Crippen molar-refractivity contribution >= 4 is 24.4 Å². The molecule has 1 fully saturated rings. The van der Waals surface area contributed by atoms with Crippen LogP contribution in [0.5, 0.6) is 0 Å². The van der Waals surface area contributed by atoms with Gasteiger partial charge in [0.15, 0.2) is 0 Å². The van der Waals surface area contributed by atoms with Gasteiger partial charge in [0.25, 0.3) is 0 Å². The molecule has 1 aliphatic rings. The van der Waals surface area contributed by atoms with Crippen LogP contribution >= 0.6 is 11.3 Å². The van der Waals surface area contributed by atoms with Crippen molar-refractivity contribution in [1.82, 2.24) is 0 Å². The van der Waals surface area contributed by atoms with Crippen LogP contribution in [0.15, 0.2) is 11.4 Å². The van der Waals surface area contributed by atoms with Gasteiger partial charge in [0, 0.05) is 10.7 Å². The molecule has 1 unspecified atom stereocenters. The van der Waals surface area contributed by atoms with E-state index in [0.29, 0.717) is 6.61 Å². The number of rotatable bonds is 5. The average molecular weight is 324 g/mol. The number of thiophene rings is 1. The summed E-state index contributed by atoms with van der Waals surface area (Å²) in [6.07, 6.45) is 0.268. The Morgan fingerprint density at radius 2 is 1.91 bits per heavy atom. The third kappa shape index (κ3) is 3.55. The zero-order valence-electron chi connectivity index (χ0n) is 14.3. The maximum atomic E-state index is 12.0. The second kappa shape index (κ2) is 6.34. The van der Waals surface area contributed by atoms with Crippen LogP contribution in [0, 0.1) is 6.92 Å². The summed E-state index contributed by atoms with van der Waals surface area (Å²) in [7, 11) is -0.438. The lowest BCUT2D eigenvalue weighted by atomic mass is 9.69. The van der Waals surface area contributed by atoms with E-state index in [9.17, 15) is 4.79 Å². The summed E-state index contributed by atoms with van der Waals surface area (Å²) < 4.78 is 17.4. The third-order valence-corrected chi connectivity index (χ3v) is 5.59. The van der Waals surface area contributed by atoms with Crippen LogP contribution in [0.1, 0.15) is 57.3 Å². The Labute approximate surface area is 137 Å². The monoisotopic (exact) mass is 324 g/mol. The topological polar surface area (TPSA) is 44.8 Å². The zero-order chi connectivity index (χ0) is 16.5. The molecule has 2 rings (SSSR count). The van der Waals surface area contributed by atoms with Gasteiger partial charge in [0.1, 0.15) is 0 Å². The molecular weight excluding hydrogens is 299 g/mol. The molecule has 0 radical (unpaired) electrons. The molecular formula is C16H25BO4S. The standard InChI is InChI=1S/C16H25BO4S/c1-7-19-14(18)9-12(13-8-11(2)10-22-13)17-20-15(3,4)16(5,6)21-17/h8,10,12H,7,9H2,1-6H3. The van der Waals surface area contributed by atoms with Crippen molar-refractivity contribution in [2.75, 3.05) is 6.61 Å². The summed E-state index contributed by atoms with van der Waals surface area (Å²) in [5.74, 6) is -0.355. The molecule has 0 bridgehead atoms. The molecule has 0 N–H and O–H groups in total. The van der Waals surface area contributed by atoms with Crippen molar-refractivity contribution < 1.29 is 18.8 Å². The molecule has 2 heterocycles. The van der Waals surface area contributed by atoms with Gasteiger partial charge >= 0.3 is 13.1 Å². The van der Waals surface area contributed by atoms with Gasteiger partial charge in [-0.15, -0.1) is 11.3 Å². The maximum Gasteiger partial charge on any atom is 0.467 e. The quantitative estimate of drug-likeness (QED) is 0.612. The lowest BCUT2D eigenvalue weighted by molar-refractivity contribution is -0.143. The Morgan fingerprint density at radius 3 is 2.36 bits per heavy atom. The smallest absolute Gasteiger partial charge is 0.466 e. The van der Waals surface area contributed by atoms with E-state index < -0.39 is 18.3 Å². The number of hydrogen-bond donors (Lipinski definition) is 0. The van der Waals surface area contributed by atoms with E-state index in [1.807, 2.05) is 41.5 Å². The molecule has 122 valence electrons. The van der Waals surface area contributed by atoms with Crippen molar-refractivity contribution in [2.45, 2.75) is 65.0 Å². The van der Waals surface area contributed by atoms with E-state index in [1.165, 1.54) is 5.56 Å². The predicted molar refractivity (Wildman–Crippen MR) is 89.1 cm³/mol. The highest BCUT2D eigenvalue weighted by Gasteiger charge is 2.54. The molecule has 0 aliphatic carbocycles. The van der Waals surface area contributed by atoms with Gasteiger partial charge in [-0.05, 0) is 58.6 Å². The molecule has 0 amide bonds. The predicted octanol–water partition coefficient (Wildman–Crippen LogP) is 3.72. The van der Waals surface area contributed by atoms with Crippen molar-refractivity contribution in [2.24, 2.45) is 0 Å². The van der Waals surface area contributed by atoms with Gasteiger partial charge in [-0.2, -0.15) is 0 Å². The van der Waals surface area contributed by atoms with E-state index in [2.05, 4.69) is 11.4 Å². The summed E-state index contributed by atoms with van der Waals surface area (Å²) in [6.45, 7) is 12.3. The second-order valence-electron chi connectivity index (χ2n) is 6.77. The first-order chi connectivity index (χ1) is 10.2. The number of esters is 1. The molecule has 0 aromatic carbocycles. The highest BCUT2D eigenvalue weighted by molar-refractivity contribution is 7.10. The first-order valence-corrected chi connectivity index (χ1v) is 8.60. The summed E-state index contributed by atoms with van der Waals surface area (Å²) in [5.41, 5.74) is 0.374. The van der Waals surface area contributed by atoms with Gasteiger partial charge in [0.2, 0.25) is 0 Å². The minimum Gasteiger partial charge on any atom is -0.466 e. The molecule has 0 spiro atoms. The third-order valence-electron chi connectivity index (χ3n) is 4.41. The lowest BCUT2D eigenvalue weighted by Crippen LogP contribution is -2.41. The normalized spacial score (nSPS) is 20.9. The van der Waals surface area contributed by atoms with Crippen molar-refractivity contribution in [3.05, 3.63) is 21.9 Å². The molecule has 1 saturated heterocycles. The molecule has 4 nitrogen and oxygen atoms in total. The van der Waals surface area contributed by atoms with E-state index in [4.69, 9.17) is 14.0 Å². The van der Waals surface area contributed by atoms with Crippen LogP contribution < -0.4 is 0 Å². The van der Waals surface area contributed by atoms with Gasteiger partial charge in [0.05, 0.1) is 24.2 Å². The van der Waals surface area contributed by atoms with Crippen molar-refractivity contribution in [3.63, 3.8) is 0 Å². The van der Waals surface area contributed by atoms with Crippen LogP contribution in [0.3, 0.4) is 0 Å². The maximum absolute atomic E-state index is 12.0. The summed E-state index contributed by atoms with van der Waals surface area (Å²) in [4.78, 5) is 13.1. The van der Waals surface area contributed by atoms with Crippen LogP contribution in [-0.2, 0) is 18.8 Å². The first-order valence-electron chi connectivity index (χ1n) is 7.72. The van der Waals surface area contributed by atoms with Crippen LogP contribution in [0.25, 0.3) is 0 Å². The van der Waals surface area contributed by atoms with Gasteiger partial charge in [-0.1, -0.05) is 0 Å². The van der Waals surface area contributed by atoms with Gasteiger partial charge in [-0.3, -0.25) is 4.79 Å². The van der Waals surface area contributed by atoms with Crippen LogP contribution in [-0.4, -0.2) is 30.9 Å². The Morgan fingerprint density at radius 1 is 1.32 bits per heavy atom. The highest BCUT2D eigenvalue weighted by Crippen LogP contribution is 2.42. The fraction of sp³-hybridized carbons (Fsp3) is 0.688. The second-order valence-corrected chi connectivity index (χ2v) is 7.71. The van der Waals surface area contributed by atoms with Crippen LogP contribution in [0.4, 0.5) is 0 Å². The Kier molecular flexibility index (Phi) is 5.04. The fourth-order valence-electron chi connectivity index (χ4n) is 2.43. The number of aryl methyl sites for hydroxylation is 1. The molecule has 1 aliphatic heterocycles. The Balaban J connectivity index is 2.24. The largest absolute Gasteiger partial charge is 0.467 e. The average Bonchev–Trinajstić information content (AvgIpc) is 2.89. The van der Waals surface area contributed by atoms with Gasteiger partial charge < -0.3 is 14.0 Å². The number of carbonyl (C=O) groups excluding carboxylic acids is 1. The van der Waals surface area contributed by atoms with E-state index in [1.54, 1.807) is 11.3 Å². The molecule has 1 aromatic rings. The number of hydrogen-bond acceptors (Lipinski definition) is 5. The van der Waals surface area contributed by atoms with Crippen molar-refractivity contribution in [1.29, 1.82) is 0 Å². The summed E-state index contributed by atoms with van der Waals surface area (Å²) in [5, 5.41) is 2.08. The highest BCUT2D eigenvalue weighted by atomic mass is 32.1. The lowest BCUT2D eigenvalue weighted by Gasteiger charge is -2.32. The summed E-state index contributed by atoms with van der Waals surface area (Å²) in [6, 6.07) is 2.10. The fourth-order valence-corrected chi connectivity index (χ4v) is 3.44. The molecule has 1 atom stereocenters. The minimum atomic E-state index is -0.438. The van der Waals surface area contributed by atoms with Gasteiger partial charge in [-0.25, -0.2) is 0 Å². The van der Waals surface area contributed by atoms with E-state index >= 15 is 0 Å². The Bertz CT molecular complexity index is 522. The molecule has 0 saturated carbocycles.